The first-order chi connectivity index (χ1) is 10.7. The van der Waals surface area contributed by atoms with E-state index in [9.17, 15) is 9.90 Å². The number of para-hydroxylation sites is 1. The van der Waals surface area contributed by atoms with Crippen LogP contribution < -0.4 is 0 Å². The number of aryl methyl sites for hydroxylation is 1. The van der Waals surface area contributed by atoms with E-state index in [0.717, 1.165) is 23.9 Å². The summed E-state index contributed by atoms with van der Waals surface area (Å²) in [4.78, 5) is 11.3. The molecule has 0 atom stereocenters. The molecule has 0 saturated heterocycles. The van der Waals surface area contributed by atoms with Crippen LogP contribution in [0.1, 0.15) is 68.8 Å². The second-order valence-corrected chi connectivity index (χ2v) is 5.87. The largest absolute Gasteiger partial charge is 0.476 e. The lowest BCUT2D eigenvalue weighted by molar-refractivity contribution is 0.0691. The van der Waals surface area contributed by atoms with Crippen molar-refractivity contribution in [3.63, 3.8) is 0 Å². The molecule has 4 nitrogen and oxygen atoms in total. The van der Waals surface area contributed by atoms with Gasteiger partial charge >= 0.3 is 5.97 Å². The van der Waals surface area contributed by atoms with Crippen molar-refractivity contribution in [1.29, 1.82) is 0 Å². The van der Waals surface area contributed by atoms with Crippen LogP contribution in [0.25, 0.3) is 10.9 Å². The van der Waals surface area contributed by atoms with Gasteiger partial charge < -0.3 is 5.11 Å². The topological polar surface area (TPSA) is 55.1 Å². The third-order valence-corrected chi connectivity index (χ3v) is 4.08. The van der Waals surface area contributed by atoms with Crippen LogP contribution in [0.3, 0.4) is 0 Å². The van der Waals surface area contributed by atoms with Crippen LogP contribution in [0.15, 0.2) is 24.3 Å². The number of rotatable bonds is 10. The third kappa shape index (κ3) is 4.33. The molecule has 0 saturated carbocycles. The van der Waals surface area contributed by atoms with E-state index < -0.39 is 5.97 Å². The molecule has 1 N–H and O–H groups in total. The number of aromatic carboxylic acids is 1. The predicted octanol–water partition coefficient (Wildman–Crippen LogP) is 4.88. The van der Waals surface area contributed by atoms with Gasteiger partial charge in [-0.3, -0.25) is 4.68 Å². The predicted molar refractivity (Wildman–Crippen MR) is 89.3 cm³/mol. The van der Waals surface area contributed by atoms with E-state index in [4.69, 9.17) is 0 Å². The Hall–Kier alpha value is -1.84. The first-order valence-electron chi connectivity index (χ1n) is 8.43. The SMILES string of the molecule is CCCCCCCCCCn1nc(C(=O)O)c2ccccc21. The zero-order chi connectivity index (χ0) is 15.8. The van der Waals surface area contributed by atoms with Crippen molar-refractivity contribution < 1.29 is 9.90 Å². The number of fused-ring (bicyclic) bond motifs is 1. The number of aromatic nitrogens is 2. The first-order valence-corrected chi connectivity index (χ1v) is 8.43. The van der Waals surface area contributed by atoms with Crippen LogP contribution in [-0.2, 0) is 6.54 Å². The van der Waals surface area contributed by atoms with Gasteiger partial charge in [-0.1, -0.05) is 70.1 Å². The Kier molecular flexibility index (Phi) is 6.44. The number of unbranched alkanes of at least 4 members (excludes halogenated alkanes) is 7. The van der Waals surface area contributed by atoms with Crippen LogP contribution in [-0.4, -0.2) is 20.9 Å². The second kappa shape index (κ2) is 8.57. The lowest BCUT2D eigenvalue weighted by Gasteiger charge is -2.04. The highest BCUT2D eigenvalue weighted by Gasteiger charge is 2.15. The standard InChI is InChI=1S/C18H26N2O2/c1-2-3-4-5-6-7-8-11-14-20-16-13-10-9-12-15(16)17(19-20)18(21)22/h9-10,12-13H,2-8,11,14H2,1H3,(H,21,22). The number of hydrogen-bond donors (Lipinski definition) is 1. The first kappa shape index (κ1) is 16.5. The van der Waals surface area contributed by atoms with Crippen molar-refractivity contribution in [3.8, 4) is 0 Å². The zero-order valence-electron chi connectivity index (χ0n) is 13.4. The summed E-state index contributed by atoms with van der Waals surface area (Å²) >= 11 is 0. The molecule has 1 aromatic heterocycles. The quantitative estimate of drug-likeness (QED) is 0.637. The third-order valence-electron chi connectivity index (χ3n) is 4.08. The Morgan fingerprint density at radius 3 is 2.36 bits per heavy atom. The van der Waals surface area contributed by atoms with Gasteiger partial charge in [0.05, 0.1) is 5.52 Å². The number of carboxylic acid groups (broad SMARTS) is 1. The summed E-state index contributed by atoms with van der Waals surface area (Å²) < 4.78 is 1.84. The number of hydrogen-bond acceptors (Lipinski definition) is 2. The van der Waals surface area contributed by atoms with Gasteiger partial charge in [0, 0.05) is 11.9 Å². The van der Waals surface area contributed by atoms with E-state index in [1.54, 1.807) is 0 Å². The highest BCUT2D eigenvalue weighted by Crippen LogP contribution is 2.19. The highest BCUT2D eigenvalue weighted by molar-refractivity contribution is 6.01. The summed E-state index contributed by atoms with van der Waals surface area (Å²) in [5, 5.41) is 14.2. The Balaban J connectivity index is 1.83. The molecule has 0 spiro atoms. The van der Waals surface area contributed by atoms with Gasteiger partial charge in [-0.2, -0.15) is 5.10 Å². The maximum atomic E-state index is 11.3. The average Bonchev–Trinajstić information content (AvgIpc) is 2.89. The average molecular weight is 302 g/mol. The van der Waals surface area contributed by atoms with E-state index in [1.807, 2.05) is 28.9 Å². The van der Waals surface area contributed by atoms with Crippen molar-refractivity contribution in [2.45, 2.75) is 64.8 Å². The molecule has 0 aliphatic carbocycles. The van der Waals surface area contributed by atoms with Crippen LogP contribution in [0.5, 0.6) is 0 Å². The van der Waals surface area contributed by atoms with Crippen LogP contribution in [0.4, 0.5) is 0 Å². The molecule has 2 rings (SSSR count). The van der Waals surface area contributed by atoms with Gasteiger partial charge in [-0.05, 0) is 12.5 Å². The van der Waals surface area contributed by atoms with E-state index in [1.165, 1.54) is 44.9 Å². The molecule has 0 aliphatic heterocycles. The smallest absolute Gasteiger partial charge is 0.357 e. The monoisotopic (exact) mass is 302 g/mol. The van der Waals surface area contributed by atoms with E-state index in [0.29, 0.717) is 0 Å². The lowest BCUT2D eigenvalue weighted by atomic mass is 10.1. The van der Waals surface area contributed by atoms with Crippen molar-refractivity contribution >= 4 is 16.9 Å². The number of nitrogens with zero attached hydrogens (tertiary/aromatic N) is 2. The summed E-state index contributed by atoms with van der Waals surface area (Å²) in [7, 11) is 0. The lowest BCUT2D eigenvalue weighted by Crippen LogP contribution is -2.03. The minimum Gasteiger partial charge on any atom is -0.476 e. The molecule has 1 aromatic carbocycles. The summed E-state index contributed by atoms with van der Waals surface area (Å²) in [6.45, 7) is 3.03. The maximum absolute atomic E-state index is 11.3. The van der Waals surface area contributed by atoms with Crippen LogP contribution >= 0.6 is 0 Å². The molecular formula is C18H26N2O2. The summed E-state index contributed by atoms with van der Waals surface area (Å²) in [6, 6.07) is 7.56. The Bertz CT molecular complexity index is 604. The Labute approximate surface area is 132 Å². The van der Waals surface area contributed by atoms with Crippen LogP contribution in [0, 0.1) is 0 Å². The molecule has 0 fully saturated rings. The van der Waals surface area contributed by atoms with Gasteiger partial charge in [0.25, 0.3) is 0 Å². The minimum atomic E-state index is -0.953. The molecule has 0 bridgehead atoms. The summed E-state index contributed by atoms with van der Waals surface area (Å²) in [5.41, 5.74) is 1.08. The number of carbonyl (C=O) groups is 1. The highest BCUT2D eigenvalue weighted by atomic mass is 16.4. The molecule has 0 radical (unpaired) electrons. The van der Waals surface area contributed by atoms with Gasteiger partial charge in [-0.15, -0.1) is 0 Å². The van der Waals surface area contributed by atoms with Crippen molar-refractivity contribution in [1.82, 2.24) is 9.78 Å². The normalized spacial score (nSPS) is 11.1. The Morgan fingerprint density at radius 2 is 1.68 bits per heavy atom. The molecule has 0 amide bonds. The fourth-order valence-electron chi connectivity index (χ4n) is 2.85. The maximum Gasteiger partial charge on any atom is 0.357 e. The number of benzene rings is 1. The van der Waals surface area contributed by atoms with E-state index in [2.05, 4.69) is 12.0 Å². The fourth-order valence-corrected chi connectivity index (χ4v) is 2.85. The molecule has 2 aromatic rings. The molecule has 120 valence electrons. The van der Waals surface area contributed by atoms with Crippen molar-refractivity contribution in [2.75, 3.05) is 0 Å². The molecule has 22 heavy (non-hydrogen) atoms. The molecule has 0 aliphatic rings. The minimum absolute atomic E-state index is 0.162. The fraction of sp³-hybridized carbons (Fsp3) is 0.556. The van der Waals surface area contributed by atoms with E-state index >= 15 is 0 Å². The second-order valence-electron chi connectivity index (χ2n) is 5.87. The summed E-state index contributed by atoms with van der Waals surface area (Å²) in [6.07, 6.45) is 10.1. The molecule has 0 unspecified atom stereocenters. The summed E-state index contributed by atoms with van der Waals surface area (Å²) in [5.74, 6) is -0.953. The zero-order valence-corrected chi connectivity index (χ0v) is 13.4. The molecule has 4 heteroatoms. The Morgan fingerprint density at radius 1 is 1.05 bits per heavy atom. The van der Waals surface area contributed by atoms with E-state index in [-0.39, 0.29) is 5.69 Å². The van der Waals surface area contributed by atoms with Crippen molar-refractivity contribution in [3.05, 3.63) is 30.0 Å². The van der Waals surface area contributed by atoms with Gasteiger partial charge in [0.2, 0.25) is 0 Å². The molecule has 1 heterocycles. The number of carboxylic acids is 1. The molecular weight excluding hydrogens is 276 g/mol. The van der Waals surface area contributed by atoms with Crippen LogP contribution in [0.2, 0.25) is 0 Å². The van der Waals surface area contributed by atoms with Crippen molar-refractivity contribution in [2.24, 2.45) is 0 Å². The van der Waals surface area contributed by atoms with Gasteiger partial charge in [0.1, 0.15) is 0 Å². The van der Waals surface area contributed by atoms with Gasteiger partial charge in [0.15, 0.2) is 5.69 Å². The van der Waals surface area contributed by atoms with Gasteiger partial charge in [-0.25, -0.2) is 4.79 Å².